The number of imidazole rings is 1. The van der Waals surface area contributed by atoms with Crippen LogP contribution in [0.25, 0.3) is 11.3 Å². The predicted molar refractivity (Wildman–Crippen MR) is 107 cm³/mol. The summed E-state index contributed by atoms with van der Waals surface area (Å²) in [4.78, 5) is 20.1. The highest BCUT2D eigenvalue weighted by Crippen LogP contribution is 2.21. The molecule has 1 aromatic heterocycles. The van der Waals surface area contributed by atoms with E-state index in [1.807, 2.05) is 69.3 Å². The Labute approximate surface area is 159 Å². The largest absolute Gasteiger partial charge is 0.483 e. The van der Waals surface area contributed by atoms with E-state index in [1.165, 1.54) is 0 Å². The second kappa shape index (κ2) is 8.54. The molecule has 5 nitrogen and oxygen atoms in total. The number of nitrogens with zero attached hydrogens (tertiary/aromatic N) is 1. The van der Waals surface area contributed by atoms with Crippen LogP contribution < -0.4 is 10.1 Å². The van der Waals surface area contributed by atoms with Gasteiger partial charge < -0.3 is 15.0 Å². The number of carbonyl (C=O) groups excluding carboxylic acids is 1. The van der Waals surface area contributed by atoms with Crippen molar-refractivity contribution in [3.05, 3.63) is 71.7 Å². The first kappa shape index (κ1) is 18.7. The third-order valence-corrected chi connectivity index (χ3v) is 4.46. The normalized spacial score (nSPS) is 11.8. The number of aromatic amines is 1. The van der Waals surface area contributed by atoms with Crippen molar-refractivity contribution in [2.24, 2.45) is 0 Å². The van der Waals surface area contributed by atoms with Crippen molar-refractivity contribution in [2.45, 2.75) is 33.2 Å². The first-order chi connectivity index (χ1) is 13.1. The van der Waals surface area contributed by atoms with E-state index in [1.54, 1.807) is 6.20 Å². The number of aryl methyl sites for hydroxylation is 2. The van der Waals surface area contributed by atoms with Gasteiger partial charge in [-0.2, -0.15) is 0 Å². The van der Waals surface area contributed by atoms with E-state index in [0.29, 0.717) is 0 Å². The van der Waals surface area contributed by atoms with E-state index in [2.05, 4.69) is 15.3 Å². The van der Waals surface area contributed by atoms with Gasteiger partial charge in [-0.3, -0.25) is 4.79 Å². The van der Waals surface area contributed by atoms with Crippen LogP contribution in [0.15, 0.2) is 54.7 Å². The number of H-pyrrole nitrogens is 1. The smallest absolute Gasteiger partial charge is 0.258 e. The van der Waals surface area contributed by atoms with Gasteiger partial charge in [0.15, 0.2) is 6.61 Å². The van der Waals surface area contributed by atoms with Gasteiger partial charge in [0, 0.05) is 0 Å². The average molecular weight is 363 g/mol. The lowest BCUT2D eigenvalue weighted by Gasteiger charge is -2.16. The Morgan fingerprint density at radius 2 is 1.96 bits per heavy atom. The molecule has 140 valence electrons. The summed E-state index contributed by atoms with van der Waals surface area (Å²) in [5, 5.41) is 2.99. The molecule has 1 heterocycles. The van der Waals surface area contributed by atoms with Crippen LogP contribution in [0.1, 0.15) is 36.3 Å². The van der Waals surface area contributed by atoms with Crippen molar-refractivity contribution in [3.8, 4) is 17.0 Å². The Hall–Kier alpha value is -3.08. The molecule has 0 bridgehead atoms. The van der Waals surface area contributed by atoms with Crippen LogP contribution in [0, 0.1) is 13.8 Å². The fourth-order valence-electron chi connectivity index (χ4n) is 2.88. The predicted octanol–water partition coefficient (Wildman–Crippen LogP) is 4.34. The number of rotatable bonds is 7. The van der Waals surface area contributed by atoms with Crippen molar-refractivity contribution in [3.63, 3.8) is 0 Å². The van der Waals surface area contributed by atoms with E-state index in [0.717, 1.165) is 40.4 Å². The molecule has 2 N–H and O–H groups in total. The number of hydrogen-bond acceptors (Lipinski definition) is 3. The highest BCUT2D eigenvalue weighted by molar-refractivity contribution is 5.78. The minimum atomic E-state index is -0.183. The molecule has 0 saturated heterocycles. The topological polar surface area (TPSA) is 67.0 Å². The molecule has 3 rings (SSSR count). The molecule has 0 aliphatic rings. The van der Waals surface area contributed by atoms with Crippen molar-refractivity contribution in [1.82, 2.24) is 15.3 Å². The maximum atomic E-state index is 12.4. The monoisotopic (exact) mass is 363 g/mol. The van der Waals surface area contributed by atoms with Gasteiger partial charge in [0.1, 0.15) is 11.6 Å². The Kier molecular flexibility index (Phi) is 5.91. The van der Waals surface area contributed by atoms with E-state index in [4.69, 9.17) is 4.74 Å². The molecule has 1 amide bonds. The summed E-state index contributed by atoms with van der Waals surface area (Å²) in [6.07, 6.45) is 2.53. The molecule has 3 aromatic rings. The quantitative estimate of drug-likeness (QED) is 0.656. The average Bonchev–Trinajstić information content (AvgIpc) is 3.17. The zero-order valence-corrected chi connectivity index (χ0v) is 16.0. The van der Waals surface area contributed by atoms with Crippen LogP contribution in [0.3, 0.4) is 0 Å². The van der Waals surface area contributed by atoms with Crippen LogP contribution in [0.5, 0.6) is 5.75 Å². The molecule has 1 unspecified atom stereocenters. The Bertz CT molecular complexity index is 903. The van der Waals surface area contributed by atoms with Gasteiger partial charge in [-0.05, 0) is 43.0 Å². The highest BCUT2D eigenvalue weighted by atomic mass is 16.5. The lowest BCUT2D eigenvalue weighted by molar-refractivity contribution is -0.123. The third-order valence-electron chi connectivity index (χ3n) is 4.46. The molecule has 1 atom stereocenters. The molecule has 0 fully saturated rings. The van der Waals surface area contributed by atoms with Gasteiger partial charge >= 0.3 is 0 Å². The number of benzene rings is 2. The molecule has 27 heavy (non-hydrogen) atoms. The van der Waals surface area contributed by atoms with Crippen LogP contribution in [-0.4, -0.2) is 22.5 Å². The number of carbonyl (C=O) groups is 1. The summed E-state index contributed by atoms with van der Waals surface area (Å²) in [6.45, 7) is 5.96. The fraction of sp³-hybridized carbons (Fsp3) is 0.273. The fourth-order valence-corrected chi connectivity index (χ4v) is 2.88. The lowest BCUT2D eigenvalue weighted by Crippen LogP contribution is -2.33. The minimum Gasteiger partial charge on any atom is -0.483 e. The molecule has 2 aromatic carbocycles. The van der Waals surface area contributed by atoms with Crippen LogP contribution >= 0.6 is 0 Å². The summed E-state index contributed by atoms with van der Waals surface area (Å²) in [5.41, 5.74) is 4.12. The zero-order valence-electron chi connectivity index (χ0n) is 16.0. The van der Waals surface area contributed by atoms with Crippen LogP contribution in [0.2, 0.25) is 0 Å². The number of aromatic nitrogens is 2. The van der Waals surface area contributed by atoms with E-state index < -0.39 is 0 Å². The lowest BCUT2D eigenvalue weighted by atomic mass is 10.1. The summed E-state index contributed by atoms with van der Waals surface area (Å²) in [7, 11) is 0. The maximum absolute atomic E-state index is 12.4. The van der Waals surface area contributed by atoms with E-state index in [9.17, 15) is 4.79 Å². The van der Waals surface area contributed by atoms with Gasteiger partial charge in [-0.15, -0.1) is 0 Å². The summed E-state index contributed by atoms with van der Waals surface area (Å²) >= 11 is 0. The van der Waals surface area contributed by atoms with E-state index in [-0.39, 0.29) is 18.6 Å². The van der Waals surface area contributed by atoms with Gasteiger partial charge in [-0.1, -0.05) is 49.4 Å². The standard InChI is InChI=1S/C22H25N3O2/c1-4-18(22-23-13-19(25-22)17-8-6-5-7-9-17)24-21(26)14-27-20-12-15(2)10-11-16(20)3/h5-13,18H,4,14H2,1-3H3,(H,23,25)(H,24,26). The van der Waals surface area contributed by atoms with Crippen LogP contribution in [0.4, 0.5) is 0 Å². The van der Waals surface area contributed by atoms with Crippen molar-refractivity contribution in [1.29, 1.82) is 0 Å². The number of ether oxygens (including phenoxy) is 1. The second-order valence-corrected chi connectivity index (χ2v) is 6.63. The van der Waals surface area contributed by atoms with Crippen molar-refractivity contribution < 1.29 is 9.53 Å². The second-order valence-electron chi connectivity index (χ2n) is 6.63. The first-order valence-corrected chi connectivity index (χ1v) is 9.16. The Morgan fingerprint density at radius 1 is 1.19 bits per heavy atom. The SMILES string of the molecule is CCC(NC(=O)COc1cc(C)ccc1C)c1ncc(-c2ccccc2)[nH]1. The molecule has 0 radical (unpaired) electrons. The number of nitrogens with one attached hydrogen (secondary N) is 2. The van der Waals surface area contributed by atoms with Crippen LogP contribution in [-0.2, 0) is 4.79 Å². The minimum absolute atomic E-state index is 0.0208. The van der Waals surface area contributed by atoms with Crippen molar-refractivity contribution in [2.75, 3.05) is 6.61 Å². The molecule has 5 heteroatoms. The third kappa shape index (κ3) is 4.76. The summed E-state index contributed by atoms with van der Waals surface area (Å²) in [5.74, 6) is 1.32. The van der Waals surface area contributed by atoms with Gasteiger partial charge in [-0.25, -0.2) is 4.98 Å². The first-order valence-electron chi connectivity index (χ1n) is 9.16. The zero-order chi connectivity index (χ0) is 19.2. The molecule has 0 aliphatic carbocycles. The number of amides is 1. The van der Waals surface area contributed by atoms with Gasteiger partial charge in [0.25, 0.3) is 5.91 Å². The van der Waals surface area contributed by atoms with E-state index >= 15 is 0 Å². The summed E-state index contributed by atoms with van der Waals surface area (Å²) < 4.78 is 5.69. The highest BCUT2D eigenvalue weighted by Gasteiger charge is 2.17. The molecular weight excluding hydrogens is 338 g/mol. The molecular formula is C22H25N3O2. The molecule has 0 saturated carbocycles. The van der Waals surface area contributed by atoms with Gasteiger partial charge in [0.05, 0.1) is 17.9 Å². The number of hydrogen-bond donors (Lipinski definition) is 2. The van der Waals surface area contributed by atoms with Gasteiger partial charge in [0.2, 0.25) is 0 Å². The molecule has 0 spiro atoms. The van der Waals surface area contributed by atoms with Crippen molar-refractivity contribution >= 4 is 5.91 Å². The Balaban J connectivity index is 1.62. The Morgan fingerprint density at radius 3 is 2.70 bits per heavy atom. The molecule has 0 aliphatic heterocycles. The summed E-state index contributed by atoms with van der Waals surface area (Å²) in [6, 6.07) is 15.8. The maximum Gasteiger partial charge on any atom is 0.258 e.